The molecule has 1 spiro atoms. The van der Waals surface area contributed by atoms with Gasteiger partial charge >= 0.3 is 0 Å². The van der Waals surface area contributed by atoms with Crippen LogP contribution in [0.5, 0.6) is 0 Å². The largest absolute Gasteiger partial charge is 0.384 e. The summed E-state index contributed by atoms with van der Waals surface area (Å²) in [7, 11) is 1.80. The van der Waals surface area contributed by atoms with Gasteiger partial charge in [0.15, 0.2) is 0 Å². The van der Waals surface area contributed by atoms with Crippen molar-refractivity contribution < 1.29 is 9.47 Å². The van der Waals surface area contributed by atoms with Crippen LogP contribution in [0.2, 0.25) is 0 Å². The Hall–Kier alpha value is -0.120. The van der Waals surface area contributed by atoms with Crippen molar-refractivity contribution in [3.05, 3.63) is 0 Å². The molecule has 2 aliphatic rings. The molecule has 3 unspecified atom stereocenters. The van der Waals surface area contributed by atoms with Crippen LogP contribution in [0.1, 0.15) is 52.4 Å². The quantitative estimate of drug-likeness (QED) is 0.771. The van der Waals surface area contributed by atoms with Crippen molar-refractivity contribution in [1.29, 1.82) is 0 Å². The Labute approximate surface area is 118 Å². The molecule has 1 saturated carbocycles. The smallest absolute Gasteiger partial charge is 0.0685 e. The molecule has 1 aliphatic carbocycles. The molecule has 0 aromatic carbocycles. The summed E-state index contributed by atoms with van der Waals surface area (Å²) in [5.74, 6) is 1.42. The summed E-state index contributed by atoms with van der Waals surface area (Å²) in [6, 6.07) is 0.636. The van der Waals surface area contributed by atoms with E-state index in [1.807, 2.05) is 0 Å². The van der Waals surface area contributed by atoms with Crippen LogP contribution in [-0.2, 0) is 9.47 Å². The summed E-state index contributed by atoms with van der Waals surface area (Å²) >= 11 is 0. The number of rotatable bonds is 7. The maximum atomic E-state index is 6.06. The van der Waals surface area contributed by atoms with E-state index >= 15 is 0 Å². The molecule has 2 fully saturated rings. The fourth-order valence-electron chi connectivity index (χ4n) is 3.82. The fraction of sp³-hybridized carbons (Fsp3) is 1.00. The molecular weight excluding hydrogens is 238 g/mol. The first-order valence-electron chi connectivity index (χ1n) is 8.05. The van der Waals surface area contributed by atoms with Crippen LogP contribution in [0.3, 0.4) is 0 Å². The van der Waals surface area contributed by atoms with Gasteiger partial charge in [-0.3, -0.25) is 0 Å². The molecule has 1 aliphatic heterocycles. The van der Waals surface area contributed by atoms with Crippen LogP contribution in [0.4, 0.5) is 0 Å². The third-order valence-electron chi connectivity index (χ3n) is 4.94. The Balaban J connectivity index is 1.89. The summed E-state index contributed by atoms with van der Waals surface area (Å²) in [6.07, 6.45) is 7.65. The summed E-state index contributed by atoms with van der Waals surface area (Å²) in [6.45, 7) is 7.41. The van der Waals surface area contributed by atoms with Crippen molar-refractivity contribution in [1.82, 2.24) is 5.32 Å². The lowest BCUT2D eigenvalue weighted by molar-refractivity contribution is -0.147. The highest BCUT2D eigenvalue weighted by Gasteiger charge is 2.44. The van der Waals surface area contributed by atoms with Crippen LogP contribution in [0.25, 0.3) is 0 Å². The predicted molar refractivity (Wildman–Crippen MR) is 78.4 cm³/mol. The van der Waals surface area contributed by atoms with Gasteiger partial charge in [0, 0.05) is 26.4 Å². The summed E-state index contributed by atoms with van der Waals surface area (Å²) in [5.41, 5.74) is 0.265. The van der Waals surface area contributed by atoms with E-state index in [0.29, 0.717) is 12.0 Å². The van der Waals surface area contributed by atoms with Crippen molar-refractivity contribution >= 4 is 0 Å². The highest BCUT2D eigenvalue weighted by atomic mass is 16.5. The van der Waals surface area contributed by atoms with Crippen molar-refractivity contribution in [3.8, 4) is 0 Å². The molecule has 112 valence electrons. The maximum Gasteiger partial charge on any atom is 0.0685 e. The number of nitrogens with one attached hydrogen (secondary N) is 1. The lowest BCUT2D eigenvalue weighted by atomic mass is 9.69. The second-order valence-electron chi connectivity index (χ2n) is 6.60. The third kappa shape index (κ3) is 3.93. The number of hydrogen-bond donors (Lipinski definition) is 1. The Bertz CT molecular complexity index is 265. The zero-order valence-corrected chi connectivity index (χ0v) is 12.9. The molecule has 0 aromatic rings. The van der Waals surface area contributed by atoms with Crippen molar-refractivity contribution in [2.24, 2.45) is 11.8 Å². The molecule has 0 radical (unpaired) electrons. The minimum absolute atomic E-state index is 0.265. The van der Waals surface area contributed by atoms with Crippen LogP contribution in [0.15, 0.2) is 0 Å². The minimum Gasteiger partial charge on any atom is -0.384 e. The van der Waals surface area contributed by atoms with Gasteiger partial charge in [-0.05, 0) is 56.9 Å². The first-order chi connectivity index (χ1) is 9.19. The normalized spacial score (nSPS) is 28.9. The lowest BCUT2D eigenvalue weighted by Gasteiger charge is -2.49. The first kappa shape index (κ1) is 15.3. The molecule has 3 atom stereocenters. The van der Waals surface area contributed by atoms with E-state index < -0.39 is 0 Å². The second kappa shape index (κ2) is 7.05. The number of methoxy groups -OCH3 is 1. The van der Waals surface area contributed by atoms with E-state index in [0.717, 1.165) is 25.7 Å². The zero-order valence-electron chi connectivity index (χ0n) is 12.9. The Morgan fingerprint density at radius 1 is 1.42 bits per heavy atom. The standard InChI is InChI=1S/C16H31NO2/c1-4-17-15(10-13(2)12-18-3)14-6-9-19-16(11-14)7-5-8-16/h13-15,17H,4-12H2,1-3H3. The zero-order chi connectivity index (χ0) is 13.7. The van der Waals surface area contributed by atoms with Gasteiger partial charge in [0.2, 0.25) is 0 Å². The SMILES string of the molecule is CCNC(CC(C)COC)C1CCOC2(CCC2)C1. The molecule has 0 aromatic heterocycles. The van der Waals surface area contributed by atoms with E-state index in [1.54, 1.807) is 7.11 Å². The number of hydrogen-bond acceptors (Lipinski definition) is 3. The fourth-order valence-corrected chi connectivity index (χ4v) is 3.82. The van der Waals surface area contributed by atoms with E-state index in [4.69, 9.17) is 9.47 Å². The lowest BCUT2D eigenvalue weighted by Crippen LogP contribution is -2.50. The van der Waals surface area contributed by atoms with Gasteiger partial charge in [-0.25, -0.2) is 0 Å². The van der Waals surface area contributed by atoms with E-state index in [1.165, 1.54) is 38.5 Å². The van der Waals surface area contributed by atoms with Gasteiger partial charge in [-0.2, -0.15) is 0 Å². The molecule has 0 bridgehead atoms. The topological polar surface area (TPSA) is 30.5 Å². The average molecular weight is 269 g/mol. The van der Waals surface area contributed by atoms with Crippen LogP contribution >= 0.6 is 0 Å². The van der Waals surface area contributed by atoms with Crippen molar-refractivity contribution in [3.63, 3.8) is 0 Å². The summed E-state index contributed by atoms with van der Waals surface area (Å²) < 4.78 is 11.4. The van der Waals surface area contributed by atoms with Crippen LogP contribution in [0, 0.1) is 11.8 Å². The molecular formula is C16H31NO2. The third-order valence-corrected chi connectivity index (χ3v) is 4.94. The Morgan fingerprint density at radius 2 is 2.21 bits per heavy atom. The minimum atomic E-state index is 0.265. The molecule has 0 amide bonds. The summed E-state index contributed by atoms with van der Waals surface area (Å²) in [4.78, 5) is 0. The molecule has 2 rings (SSSR count). The maximum absolute atomic E-state index is 6.06. The molecule has 1 saturated heterocycles. The molecule has 1 N–H and O–H groups in total. The van der Waals surface area contributed by atoms with Crippen LogP contribution in [-0.4, -0.2) is 38.5 Å². The Morgan fingerprint density at radius 3 is 2.79 bits per heavy atom. The Kier molecular flexibility index (Phi) is 5.67. The van der Waals surface area contributed by atoms with E-state index in [9.17, 15) is 0 Å². The van der Waals surface area contributed by atoms with Crippen molar-refractivity contribution in [2.45, 2.75) is 64.0 Å². The van der Waals surface area contributed by atoms with Crippen molar-refractivity contribution in [2.75, 3.05) is 26.9 Å². The van der Waals surface area contributed by atoms with Gasteiger partial charge in [-0.1, -0.05) is 13.8 Å². The van der Waals surface area contributed by atoms with Gasteiger partial charge in [0.1, 0.15) is 0 Å². The van der Waals surface area contributed by atoms with Crippen LogP contribution < -0.4 is 5.32 Å². The van der Waals surface area contributed by atoms with Gasteiger partial charge in [-0.15, -0.1) is 0 Å². The highest BCUT2D eigenvalue weighted by Crippen LogP contribution is 2.45. The van der Waals surface area contributed by atoms with Gasteiger partial charge < -0.3 is 14.8 Å². The van der Waals surface area contributed by atoms with Gasteiger partial charge in [0.05, 0.1) is 5.60 Å². The highest BCUT2D eigenvalue weighted by molar-refractivity contribution is 4.96. The van der Waals surface area contributed by atoms with E-state index in [2.05, 4.69) is 19.2 Å². The molecule has 1 heterocycles. The molecule has 19 heavy (non-hydrogen) atoms. The van der Waals surface area contributed by atoms with Gasteiger partial charge in [0.25, 0.3) is 0 Å². The van der Waals surface area contributed by atoms with E-state index in [-0.39, 0.29) is 5.60 Å². The molecule has 3 heteroatoms. The summed E-state index contributed by atoms with van der Waals surface area (Å²) in [5, 5.41) is 3.72. The monoisotopic (exact) mass is 269 g/mol. The number of ether oxygens (including phenoxy) is 2. The predicted octanol–water partition coefficient (Wildman–Crippen LogP) is 2.99. The molecule has 3 nitrogen and oxygen atoms in total. The second-order valence-corrected chi connectivity index (χ2v) is 6.60. The first-order valence-corrected chi connectivity index (χ1v) is 8.05. The average Bonchev–Trinajstić information content (AvgIpc) is 2.37.